The molecule has 1 aliphatic heterocycles. The molecule has 0 fully saturated rings. The van der Waals surface area contributed by atoms with Crippen LogP contribution in [0.2, 0.25) is 10.0 Å². The minimum absolute atomic E-state index is 0.00668. The number of benzene rings is 3. The van der Waals surface area contributed by atoms with E-state index in [4.69, 9.17) is 27.6 Å². The van der Waals surface area contributed by atoms with Crippen molar-refractivity contribution in [2.45, 2.75) is 13.0 Å². The van der Waals surface area contributed by atoms with E-state index < -0.39 is 23.5 Å². The molecule has 1 N–H and O–H groups in total. The Kier molecular flexibility index (Phi) is 5.23. The summed E-state index contributed by atoms with van der Waals surface area (Å²) < 4.78 is 5.74. The van der Waals surface area contributed by atoms with E-state index in [0.717, 1.165) is 5.56 Å². The summed E-state index contributed by atoms with van der Waals surface area (Å²) in [6, 6.07) is 19.9. The van der Waals surface area contributed by atoms with Crippen LogP contribution in [-0.4, -0.2) is 16.8 Å². The molecule has 5 nitrogen and oxygen atoms in total. The first-order valence-electron chi connectivity index (χ1n) is 10.2. The number of rotatable bonds is 4. The second-order valence-corrected chi connectivity index (χ2v) is 8.68. The monoisotopic (exact) mass is 477 g/mol. The lowest BCUT2D eigenvalue weighted by Crippen LogP contribution is -2.31. The number of furan rings is 1. The molecule has 2 heterocycles. The summed E-state index contributed by atoms with van der Waals surface area (Å²) in [5, 5.41) is 12.5. The van der Waals surface area contributed by atoms with E-state index >= 15 is 0 Å². The Labute approximate surface area is 199 Å². The van der Waals surface area contributed by atoms with Gasteiger partial charge < -0.3 is 9.52 Å². The highest BCUT2D eigenvalue weighted by molar-refractivity contribution is 6.31. The van der Waals surface area contributed by atoms with E-state index in [1.807, 2.05) is 25.1 Å². The van der Waals surface area contributed by atoms with E-state index in [2.05, 4.69) is 0 Å². The van der Waals surface area contributed by atoms with Crippen molar-refractivity contribution in [3.8, 4) is 0 Å². The molecule has 0 saturated carbocycles. The van der Waals surface area contributed by atoms with Gasteiger partial charge in [0.1, 0.15) is 5.58 Å². The van der Waals surface area contributed by atoms with Crippen molar-refractivity contribution in [3.05, 3.63) is 111 Å². The number of amides is 1. The number of hydrogen-bond acceptors (Lipinski definition) is 4. The molecule has 3 aromatic carbocycles. The summed E-state index contributed by atoms with van der Waals surface area (Å²) in [6.07, 6.45) is 0. The van der Waals surface area contributed by atoms with Crippen LogP contribution in [0.1, 0.15) is 27.7 Å². The van der Waals surface area contributed by atoms with E-state index in [-0.39, 0.29) is 11.3 Å². The molecule has 0 aliphatic carbocycles. The zero-order valence-electron chi connectivity index (χ0n) is 17.4. The molecule has 164 valence electrons. The summed E-state index contributed by atoms with van der Waals surface area (Å²) in [5.74, 6) is -1.88. The highest BCUT2D eigenvalue weighted by Gasteiger charge is 2.45. The van der Waals surface area contributed by atoms with Crippen molar-refractivity contribution in [2.24, 2.45) is 0 Å². The van der Waals surface area contributed by atoms with Gasteiger partial charge in [-0.2, -0.15) is 0 Å². The molecule has 33 heavy (non-hydrogen) atoms. The number of carbonyl (C=O) groups excluding carboxylic acids is 2. The molecular formula is C26H17Cl2NO4. The fraction of sp³-hybridized carbons (Fsp3) is 0.0769. The van der Waals surface area contributed by atoms with Gasteiger partial charge in [0.2, 0.25) is 5.78 Å². The number of halogens is 2. The number of hydrogen-bond donors (Lipinski definition) is 1. The van der Waals surface area contributed by atoms with Crippen LogP contribution in [0, 0.1) is 6.92 Å². The highest BCUT2D eigenvalue weighted by Crippen LogP contribution is 2.43. The Morgan fingerprint density at radius 3 is 2.42 bits per heavy atom. The van der Waals surface area contributed by atoms with Gasteiger partial charge in [-0.25, -0.2) is 0 Å². The average molecular weight is 478 g/mol. The SMILES string of the molecule is Cc1ccc(Cl)cc1N1C(=O)C(O)=C(C(=O)c2cc3cc(Cl)ccc3o2)C1c1ccccc1. The van der Waals surface area contributed by atoms with Crippen LogP contribution in [0.4, 0.5) is 5.69 Å². The van der Waals surface area contributed by atoms with Crippen molar-refractivity contribution >= 4 is 51.5 Å². The second kappa shape index (κ2) is 8.10. The number of nitrogens with zero attached hydrogens (tertiary/aromatic N) is 1. The van der Waals surface area contributed by atoms with Crippen molar-refractivity contribution in [2.75, 3.05) is 4.90 Å². The van der Waals surface area contributed by atoms with Crippen LogP contribution in [0.15, 0.2) is 88.5 Å². The lowest BCUT2D eigenvalue weighted by Gasteiger charge is -2.28. The van der Waals surface area contributed by atoms with Crippen LogP contribution in [-0.2, 0) is 4.79 Å². The number of anilines is 1. The normalized spacial score (nSPS) is 16.2. The van der Waals surface area contributed by atoms with Gasteiger partial charge in [0.25, 0.3) is 5.91 Å². The van der Waals surface area contributed by atoms with Gasteiger partial charge in [-0.05, 0) is 54.4 Å². The summed E-state index contributed by atoms with van der Waals surface area (Å²) in [7, 11) is 0. The third kappa shape index (κ3) is 3.59. The van der Waals surface area contributed by atoms with E-state index in [0.29, 0.717) is 32.3 Å². The molecule has 5 rings (SSSR count). The molecule has 1 aliphatic rings. The fourth-order valence-corrected chi connectivity index (χ4v) is 4.48. The number of ketones is 1. The van der Waals surface area contributed by atoms with E-state index in [1.54, 1.807) is 54.6 Å². The number of aliphatic hydroxyl groups excluding tert-OH is 1. The van der Waals surface area contributed by atoms with Gasteiger partial charge in [-0.3, -0.25) is 14.5 Å². The van der Waals surface area contributed by atoms with E-state index in [9.17, 15) is 14.7 Å². The Balaban J connectivity index is 1.68. The van der Waals surface area contributed by atoms with Crippen LogP contribution in [0.5, 0.6) is 0 Å². The van der Waals surface area contributed by atoms with Crippen LogP contribution >= 0.6 is 23.2 Å². The predicted octanol–water partition coefficient (Wildman–Crippen LogP) is 6.83. The average Bonchev–Trinajstić information content (AvgIpc) is 3.34. The fourth-order valence-electron chi connectivity index (χ4n) is 4.14. The van der Waals surface area contributed by atoms with Gasteiger partial charge in [-0.15, -0.1) is 0 Å². The quantitative estimate of drug-likeness (QED) is 0.327. The minimum Gasteiger partial charge on any atom is -0.503 e. The first-order valence-corrected chi connectivity index (χ1v) is 10.9. The Morgan fingerprint density at radius 2 is 1.67 bits per heavy atom. The number of carbonyl (C=O) groups is 2. The number of aryl methyl sites for hydroxylation is 1. The van der Waals surface area contributed by atoms with Gasteiger partial charge in [-0.1, -0.05) is 59.6 Å². The largest absolute Gasteiger partial charge is 0.503 e. The van der Waals surface area contributed by atoms with Crippen molar-refractivity contribution in [3.63, 3.8) is 0 Å². The first-order chi connectivity index (χ1) is 15.8. The van der Waals surface area contributed by atoms with Crippen LogP contribution in [0.3, 0.4) is 0 Å². The second-order valence-electron chi connectivity index (χ2n) is 7.80. The lowest BCUT2D eigenvalue weighted by atomic mass is 9.94. The lowest BCUT2D eigenvalue weighted by molar-refractivity contribution is -0.117. The number of aliphatic hydroxyl groups is 1. The zero-order chi connectivity index (χ0) is 23.3. The van der Waals surface area contributed by atoms with Gasteiger partial charge in [0.05, 0.1) is 11.6 Å². The number of Topliss-reactive ketones (excluding diaryl/α,β-unsaturated/α-hetero) is 1. The summed E-state index contributed by atoms with van der Waals surface area (Å²) in [6.45, 7) is 1.83. The molecular weight excluding hydrogens is 461 g/mol. The van der Waals surface area contributed by atoms with Crippen molar-refractivity contribution < 1.29 is 19.1 Å². The van der Waals surface area contributed by atoms with Crippen LogP contribution in [0.25, 0.3) is 11.0 Å². The predicted molar refractivity (Wildman–Crippen MR) is 128 cm³/mol. The Bertz CT molecular complexity index is 1460. The standard InChI is InChI=1S/C26H17Cl2NO4/c1-14-7-8-18(28)13-19(14)29-23(15-5-3-2-4-6-15)22(25(31)26(29)32)24(30)21-12-16-11-17(27)9-10-20(16)33-21/h2-13,23,31H,1H3. The molecule has 0 saturated heterocycles. The number of fused-ring (bicyclic) bond motifs is 1. The van der Waals surface area contributed by atoms with Gasteiger partial charge in [0, 0.05) is 21.1 Å². The molecule has 1 unspecified atom stereocenters. The Hall–Kier alpha value is -3.54. The van der Waals surface area contributed by atoms with E-state index in [1.165, 1.54) is 4.90 Å². The summed E-state index contributed by atoms with van der Waals surface area (Å²) >= 11 is 12.3. The molecule has 1 aromatic heterocycles. The molecule has 0 spiro atoms. The third-order valence-corrected chi connectivity index (χ3v) is 6.17. The molecule has 7 heteroatoms. The maximum Gasteiger partial charge on any atom is 0.294 e. The van der Waals surface area contributed by atoms with Gasteiger partial charge >= 0.3 is 0 Å². The molecule has 1 amide bonds. The molecule has 4 aromatic rings. The topological polar surface area (TPSA) is 70.8 Å². The maximum atomic E-state index is 13.6. The van der Waals surface area contributed by atoms with Gasteiger partial charge in [0.15, 0.2) is 11.5 Å². The smallest absolute Gasteiger partial charge is 0.294 e. The maximum absolute atomic E-state index is 13.6. The summed E-state index contributed by atoms with van der Waals surface area (Å²) in [4.78, 5) is 28.3. The van der Waals surface area contributed by atoms with Crippen molar-refractivity contribution in [1.82, 2.24) is 0 Å². The molecule has 0 bridgehead atoms. The molecule has 0 radical (unpaired) electrons. The third-order valence-electron chi connectivity index (χ3n) is 5.70. The highest BCUT2D eigenvalue weighted by atomic mass is 35.5. The minimum atomic E-state index is -0.861. The summed E-state index contributed by atoms with van der Waals surface area (Å²) in [5.41, 5.74) is 2.36. The Morgan fingerprint density at radius 1 is 0.970 bits per heavy atom. The zero-order valence-corrected chi connectivity index (χ0v) is 18.9. The first kappa shape index (κ1) is 21.3. The molecule has 1 atom stereocenters. The van der Waals surface area contributed by atoms with Crippen LogP contribution < -0.4 is 4.90 Å². The van der Waals surface area contributed by atoms with Crippen molar-refractivity contribution in [1.29, 1.82) is 0 Å².